The van der Waals surface area contributed by atoms with Crippen molar-refractivity contribution in [3.05, 3.63) is 70.8 Å². The van der Waals surface area contributed by atoms with E-state index in [9.17, 15) is 19.2 Å². The van der Waals surface area contributed by atoms with Gasteiger partial charge >= 0.3 is 6.03 Å². The molecule has 1 fully saturated rings. The standard InChI is InChI=1S/C25H28N6O4/c1-17(2)14-22(32)28-20-15-26-21-9-8-18(16-31(21)24(20)34)23(33)29-10-12-30(13-11-29)25(35)27-19-6-4-3-5-7-19/h3-9,15-17H,10-14H2,1-2H3,(H,27,35)(H,28,32). The number of benzene rings is 1. The topological polar surface area (TPSA) is 116 Å². The molecule has 2 aromatic heterocycles. The zero-order valence-electron chi connectivity index (χ0n) is 19.7. The number of rotatable bonds is 5. The number of pyridine rings is 1. The fraction of sp³-hybridized carbons (Fsp3) is 0.320. The van der Waals surface area contributed by atoms with Crippen LogP contribution >= 0.6 is 0 Å². The molecule has 0 bridgehead atoms. The Bertz CT molecular complexity index is 1300. The highest BCUT2D eigenvalue weighted by Crippen LogP contribution is 2.13. The van der Waals surface area contributed by atoms with Gasteiger partial charge in [-0.15, -0.1) is 0 Å². The zero-order valence-corrected chi connectivity index (χ0v) is 19.7. The Kier molecular flexibility index (Phi) is 7.09. The first-order valence-electron chi connectivity index (χ1n) is 11.5. The van der Waals surface area contributed by atoms with Crippen molar-refractivity contribution in [2.45, 2.75) is 20.3 Å². The lowest BCUT2D eigenvalue weighted by Crippen LogP contribution is -2.51. The summed E-state index contributed by atoms with van der Waals surface area (Å²) in [7, 11) is 0. The second-order valence-corrected chi connectivity index (χ2v) is 8.84. The van der Waals surface area contributed by atoms with E-state index in [1.165, 1.54) is 16.8 Å². The smallest absolute Gasteiger partial charge is 0.321 e. The summed E-state index contributed by atoms with van der Waals surface area (Å²) in [5, 5.41) is 5.46. The van der Waals surface area contributed by atoms with Crippen LogP contribution < -0.4 is 16.2 Å². The van der Waals surface area contributed by atoms with Crippen molar-refractivity contribution >= 4 is 34.9 Å². The number of hydrogen-bond acceptors (Lipinski definition) is 5. The molecule has 1 aromatic carbocycles. The maximum Gasteiger partial charge on any atom is 0.321 e. The van der Waals surface area contributed by atoms with E-state index in [0.717, 1.165) is 0 Å². The Morgan fingerprint density at radius 1 is 0.943 bits per heavy atom. The predicted octanol–water partition coefficient (Wildman–Crippen LogP) is 2.67. The summed E-state index contributed by atoms with van der Waals surface area (Å²) in [5.41, 5.74) is 1.02. The molecule has 10 heteroatoms. The van der Waals surface area contributed by atoms with Gasteiger partial charge in [0.05, 0.1) is 11.8 Å². The summed E-state index contributed by atoms with van der Waals surface area (Å²) >= 11 is 0. The summed E-state index contributed by atoms with van der Waals surface area (Å²) in [6.07, 6.45) is 3.06. The molecule has 4 amide bonds. The van der Waals surface area contributed by atoms with E-state index in [2.05, 4.69) is 15.6 Å². The second-order valence-electron chi connectivity index (χ2n) is 8.84. The lowest BCUT2D eigenvalue weighted by atomic mass is 10.1. The Morgan fingerprint density at radius 3 is 2.31 bits per heavy atom. The van der Waals surface area contributed by atoms with Crippen molar-refractivity contribution in [3.63, 3.8) is 0 Å². The summed E-state index contributed by atoms with van der Waals surface area (Å²) in [4.78, 5) is 58.1. The molecule has 3 aromatic rings. The van der Waals surface area contributed by atoms with Crippen LogP contribution in [0, 0.1) is 5.92 Å². The average Bonchev–Trinajstić information content (AvgIpc) is 2.85. The van der Waals surface area contributed by atoms with Crippen LogP contribution in [0.25, 0.3) is 5.65 Å². The molecule has 0 spiro atoms. The van der Waals surface area contributed by atoms with E-state index in [-0.39, 0.29) is 35.9 Å². The van der Waals surface area contributed by atoms with E-state index in [4.69, 9.17) is 0 Å². The number of carbonyl (C=O) groups is 3. The Morgan fingerprint density at radius 2 is 1.63 bits per heavy atom. The number of amides is 4. The van der Waals surface area contributed by atoms with Gasteiger partial charge in [-0.1, -0.05) is 32.0 Å². The van der Waals surface area contributed by atoms with Gasteiger partial charge in [-0.05, 0) is 30.2 Å². The first-order valence-corrected chi connectivity index (χ1v) is 11.5. The lowest BCUT2D eigenvalue weighted by Gasteiger charge is -2.34. The molecule has 0 atom stereocenters. The van der Waals surface area contributed by atoms with E-state index in [1.54, 1.807) is 21.9 Å². The predicted molar refractivity (Wildman–Crippen MR) is 132 cm³/mol. The van der Waals surface area contributed by atoms with E-state index in [0.29, 0.717) is 43.1 Å². The fourth-order valence-corrected chi connectivity index (χ4v) is 3.88. The summed E-state index contributed by atoms with van der Waals surface area (Å²) in [5.74, 6) is -0.350. The molecule has 0 saturated carbocycles. The van der Waals surface area contributed by atoms with E-state index < -0.39 is 5.56 Å². The van der Waals surface area contributed by atoms with Gasteiger partial charge in [0.1, 0.15) is 11.3 Å². The highest BCUT2D eigenvalue weighted by molar-refractivity contribution is 5.95. The number of carbonyl (C=O) groups excluding carboxylic acids is 3. The SMILES string of the molecule is CC(C)CC(=O)Nc1cnc2ccc(C(=O)N3CCN(C(=O)Nc4ccccc4)CC3)cn2c1=O. The third kappa shape index (κ3) is 5.65. The van der Waals surface area contributed by atoms with Crippen molar-refractivity contribution in [1.82, 2.24) is 19.2 Å². The monoisotopic (exact) mass is 476 g/mol. The number of fused-ring (bicyclic) bond motifs is 1. The highest BCUT2D eigenvalue weighted by Gasteiger charge is 2.25. The highest BCUT2D eigenvalue weighted by atomic mass is 16.2. The second kappa shape index (κ2) is 10.4. The molecule has 10 nitrogen and oxygen atoms in total. The van der Waals surface area contributed by atoms with Gasteiger partial charge in [-0.25, -0.2) is 9.78 Å². The fourth-order valence-electron chi connectivity index (χ4n) is 3.88. The van der Waals surface area contributed by atoms with Crippen LogP contribution in [-0.4, -0.2) is 63.2 Å². The molecule has 0 unspecified atom stereocenters. The molecule has 1 aliphatic rings. The van der Waals surface area contributed by atoms with Crippen LogP contribution in [-0.2, 0) is 4.79 Å². The normalized spacial score (nSPS) is 13.7. The van der Waals surface area contributed by atoms with Crippen molar-refractivity contribution in [2.75, 3.05) is 36.8 Å². The molecule has 3 heterocycles. The minimum Gasteiger partial charge on any atom is -0.335 e. The molecule has 0 radical (unpaired) electrons. The Hall–Kier alpha value is -4.21. The first kappa shape index (κ1) is 23.9. The molecule has 182 valence electrons. The maximum absolute atomic E-state index is 13.1. The molecule has 35 heavy (non-hydrogen) atoms. The van der Waals surface area contributed by atoms with Crippen LogP contribution in [0.15, 0.2) is 59.7 Å². The number of aromatic nitrogens is 2. The number of hydrogen-bond donors (Lipinski definition) is 2. The number of para-hydroxylation sites is 1. The first-order chi connectivity index (χ1) is 16.8. The Labute approximate surface area is 202 Å². The maximum atomic E-state index is 13.1. The Balaban J connectivity index is 1.43. The number of urea groups is 1. The van der Waals surface area contributed by atoms with Gasteiger partial charge in [0.2, 0.25) is 5.91 Å². The minimum atomic E-state index is -0.454. The number of piperazine rings is 1. The quantitative estimate of drug-likeness (QED) is 0.587. The van der Waals surface area contributed by atoms with E-state index in [1.807, 2.05) is 44.2 Å². The van der Waals surface area contributed by atoms with Crippen LogP contribution in [0.5, 0.6) is 0 Å². The van der Waals surface area contributed by atoms with Crippen molar-refractivity contribution in [3.8, 4) is 0 Å². The molecule has 0 aliphatic carbocycles. The van der Waals surface area contributed by atoms with Crippen LogP contribution in [0.1, 0.15) is 30.6 Å². The number of nitrogens with one attached hydrogen (secondary N) is 2. The number of nitrogens with zero attached hydrogens (tertiary/aromatic N) is 4. The van der Waals surface area contributed by atoms with Crippen molar-refractivity contribution < 1.29 is 14.4 Å². The van der Waals surface area contributed by atoms with Gasteiger partial charge in [0, 0.05) is 44.5 Å². The summed E-state index contributed by atoms with van der Waals surface area (Å²) in [6.45, 7) is 5.36. The van der Waals surface area contributed by atoms with Crippen LogP contribution in [0.4, 0.5) is 16.2 Å². The third-order valence-electron chi connectivity index (χ3n) is 5.70. The largest absolute Gasteiger partial charge is 0.335 e. The summed E-state index contributed by atoms with van der Waals surface area (Å²) in [6, 6.07) is 12.2. The van der Waals surface area contributed by atoms with Gasteiger partial charge in [-0.3, -0.25) is 18.8 Å². The minimum absolute atomic E-state index is 0.0655. The van der Waals surface area contributed by atoms with E-state index >= 15 is 0 Å². The molecule has 1 aliphatic heterocycles. The molecule has 4 rings (SSSR count). The zero-order chi connectivity index (χ0) is 24.9. The van der Waals surface area contributed by atoms with Gasteiger partial charge in [0.15, 0.2) is 0 Å². The molecule has 2 N–H and O–H groups in total. The molecule has 1 saturated heterocycles. The van der Waals surface area contributed by atoms with Crippen LogP contribution in [0.2, 0.25) is 0 Å². The lowest BCUT2D eigenvalue weighted by molar-refractivity contribution is -0.116. The van der Waals surface area contributed by atoms with Crippen molar-refractivity contribution in [1.29, 1.82) is 0 Å². The number of anilines is 2. The van der Waals surface area contributed by atoms with Crippen LogP contribution in [0.3, 0.4) is 0 Å². The van der Waals surface area contributed by atoms with Crippen molar-refractivity contribution in [2.24, 2.45) is 5.92 Å². The van der Waals surface area contributed by atoms with Gasteiger partial charge in [0.25, 0.3) is 11.5 Å². The third-order valence-corrected chi connectivity index (χ3v) is 5.70. The average molecular weight is 477 g/mol. The summed E-state index contributed by atoms with van der Waals surface area (Å²) < 4.78 is 1.27. The van der Waals surface area contributed by atoms with Gasteiger partial charge in [-0.2, -0.15) is 0 Å². The van der Waals surface area contributed by atoms with Gasteiger partial charge < -0.3 is 20.4 Å². The molecular formula is C25H28N6O4. The molecular weight excluding hydrogens is 448 g/mol.